The van der Waals surface area contributed by atoms with Gasteiger partial charge in [-0.05, 0) is 18.9 Å². The maximum atomic E-state index is 11.2. The maximum absolute atomic E-state index is 11.2. The predicted octanol–water partition coefficient (Wildman–Crippen LogP) is 1.06. The third kappa shape index (κ3) is 6.40. The summed E-state index contributed by atoms with van der Waals surface area (Å²) in [4.78, 5) is 12.8. The van der Waals surface area contributed by atoms with Crippen LogP contribution in [0.1, 0.15) is 20.3 Å². The monoisotopic (exact) mass is 188 g/mol. The van der Waals surface area contributed by atoms with Gasteiger partial charge in [0.15, 0.2) is 0 Å². The molecule has 0 aliphatic carbocycles. The maximum Gasteiger partial charge on any atom is 0.409 e. The van der Waals surface area contributed by atoms with E-state index in [9.17, 15) is 4.79 Å². The van der Waals surface area contributed by atoms with Crippen LogP contribution in [-0.4, -0.2) is 37.7 Å². The molecule has 0 aliphatic heterocycles. The van der Waals surface area contributed by atoms with Crippen LogP contribution >= 0.6 is 0 Å². The Morgan fingerprint density at radius 1 is 1.54 bits per heavy atom. The molecule has 0 aromatic carbocycles. The molecule has 0 aromatic rings. The van der Waals surface area contributed by atoms with Gasteiger partial charge in [-0.25, -0.2) is 4.79 Å². The number of ether oxygens (including phenoxy) is 1. The standard InChI is InChI=1S/C9H20N2O2/c1-8(2)7-13-9(12)11(3)6-4-5-10/h8H,4-7,10H2,1-3H3. The molecule has 0 heterocycles. The molecule has 78 valence electrons. The Balaban J connectivity index is 3.57. The van der Waals surface area contributed by atoms with Crippen molar-refractivity contribution in [1.82, 2.24) is 4.90 Å². The van der Waals surface area contributed by atoms with Crippen LogP contribution in [0.3, 0.4) is 0 Å². The number of carbonyl (C=O) groups excluding carboxylic acids is 1. The Kier molecular flexibility index (Phi) is 6.32. The summed E-state index contributed by atoms with van der Waals surface area (Å²) >= 11 is 0. The molecule has 4 nitrogen and oxygen atoms in total. The number of rotatable bonds is 5. The first-order valence-electron chi connectivity index (χ1n) is 4.66. The number of hydrogen-bond donors (Lipinski definition) is 1. The molecule has 0 saturated carbocycles. The first kappa shape index (κ1) is 12.2. The lowest BCUT2D eigenvalue weighted by molar-refractivity contribution is 0.0998. The van der Waals surface area contributed by atoms with E-state index >= 15 is 0 Å². The van der Waals surface area contributed by atoms with Gasteiger partial charge >= 0.3 is 6.09 Å². The Morgan fingerprint density at radius 2 is 2.15 bits per heavy atom. The normalized spacial score (nSPS) is 10.2. The minimum Gasteiger partial charge on any atom is -0.449 e. The van der Waals surface area contributed by atoms with Crippen molar-refractivity contribution >= 4 is 6.09 Å². The predicted molar refractivity (Wildman–Crippen MR) is 52.5 cm³/mol. The average Bonchev–Trinajstić information content (AvgIpc) is 2.10. The van der Waals surface area contributed by atoms with E-state index in [2.05, 4.69) is 0 Å². The van der Waals surface area contributed by atoms with Crippen LogP contribution in [0.4, 0.5) is 4.79 Å². The zero-order valence-electron chi connectivity index (χ0n) is 8.75. The number of nitrogens with two attached hydrogens (primary N) is 1. The molecule has 0 radical (unpaired) electrons. The first-order chi connectivity index (χ1) is 6.07. The Labute approximate surface area is 80.0 Å². The Bertz CT molecular complexity index is 149. The molecule has 0 spiro atoms. The topological polar surface area (TPSA) is 55.6 Å². The molecule has 2 N–H and O–H groups in total. The van der Waals surface area contributed by atoms with Gasteiger partial charge in [0.1, 0.15) is 0 Å². The lowest BCUT2D eigenvalue weighted by Crippen LogP contribution is -2.30. The average molecular weight is 188 g/mol. The third-order valence-electron chi connectivity index (χ3n) is 1.55. The largest absolute Gasteiger partial charge is 0.449 e. The van der Waals surface area contributed by atoms with Gasteiger partial charge < -0.3 is 15.4 Å². The minimum atomic E-state index is -0.262. The molecule has 0 bridgehead atoms. The third-order valence-corrected chi connectivity index (χ3v) is 1.55. The van der Waals surface area contributed by atoms with E-state index in [-0.39, 0.29) is 6.09 Å². The van der Waals surface area contributed by atoms with Crippen molar-refractivity contribution in [3.8, 4) is 0 Å². The molecule has 0 unspecified atom stereocenters. The molecular formula is C9H20N2O2. The summed E-state index contributed by atoms with van der Waals surface area (Å²) in [7, 11) is 1.72. The highest BCUT2D eigenvalue weighted by Crippen LogP contribution is 1.97. The highest BCUT2D eigenvalue weighted by atomic mass is 16.6. The van der Waals surface area contributed by atoms with Crippen LogP contribution in [-0.2, 0) is 4.74 Å². The van der Waals surface area contributed by atoms with Crippen molar-refractivity contribution in [2.24, 2.45) is 11.7 Å². The van der Waals surface area contributed by atoms with Crippen molar-refractivity contribution in [3.05, 3.63) is 0 Å². The minimum absolute atomic E-state index is 0.262. The second-order valence-corrected chi connectivity index (χ2v) is 3.53. The fourth-order valence-electron chi connectivity index (χ4n) is 0.768. The van der Waals surface area contributed by atoms with Gasteiger partial charge in [-0.15, -0.1) is 0 Å². The fourth-order valence-corrected chi connectivity index (χ4v) is 0.768. The van der Waals surface area contributed by atoms with Gasteiger partial charge in [0.05, 0.1) is 6.61 Å². The second kappa shape index (κ2) is 6.71. The molecule has 0 fully saturated rings. The van der Waals surface area contributed by atoms with Crippen molar-refractivity contribution in [1.29, 1.82) is 0 Å². The highest BCUT2D eigenvalue weighted by molar-refractivity contribution is 5.67. The fraction of sp³-hybridized carbons (Fsp3) is 0.889. The van der Waals surface area contributed by atoms with Crippen molar-refractivity contribution < 1.29 is 9.53 Å². The van der Waals surface area contributed by atoms with E-state index < -0.39 is 0 Å². The summed E-state index contributed by atoms with van der Waals surface area (Å²) < 4.78 is 5.01. The number of amides is 1. The summed E-state index contributed by atoms with van der Waals surface area (Å²) in [5.41, 5.74) is 5.32. The van der Waals surface area contributed by atoms with Gasteiger partial charge in [-0.2, -0.15) is 0 Å². The first-order valence-corrected chi connectivity index (χ1v) is 4.66. The number of hydrogen-bond acceptors (Lipinski definition) is 3. The van der Waals surface area contributed by atoms with E-state index in [1.54, 1.807) is 11.9 Å². The molecule has 13 heavy (non-hydrogen) atoms. The smallest absolute Gasteiger partial charge is 0.409 e. The van der Waals surface area contributed by atoms with E-state index in [1.807, 2.05) is 13.8 Å². The van der Waals surface area contributed by atoms with Crippen molar-refractivity contribution in [3.63, 3.8) is 0 Å². The lowest BCUT2D eigenvalue weighted by atomic mass is 10.2. The van der Waals surface area contributed by atoms with Gasteiger partial charge in [0, 0.05) is 13.6 Å². The highest BCUT2D eigenvalue weighted by Gasteiger charge is 2.09. The molecule has 1 amide bonds. The summed E-state index contributed by atoms with van der Waals surface area (Å²) in [6, 6.07) is 0. The summed E-state index contributed by atoms with van der Waals surface area (Å²) in [6.07, 6.45) is 0.551. The van der Waals surface area contributed by atoms with Crippen LogP contribution in [0, 0.1) is 5.92 Å². The molecular weight excluding hydrogens is 168 g/mol. The zero-order chi connectivity index (χ0) is 10.3. The molecule has 4 heteroatoms. The van der Waals surface area contributed by atoms with E-state index in [1.165, 1.54) is 0 Å². The van der Waals surface area contributed by atoms with Crippen molar-refractivity contribution in [2.45, 2.75) is 20.3 Å². The summed E-state index contributed by atoms with van der Waals surface area (Å²) in [5, 5.41) is 0. The van der Waals surface area contributed by atoms with E-state index in [4.69, 9.17) is 10.5 Å². The van der Waals surface area contributed by atoms with Gasteiger partial charge in [0.2, 0.25) is 0 Å². The lowest BCUT2D eigenvalue weighted by Gasteiger charge is -2.17. The molecule has 0 atom stereocenters. The number of carbonyl (C=O) groups is 1. The number of nitrogens with zero attached hydrogens (tertiary/aromatic N) is 1. The summed E-state index contributed by atoms with van der Waals surface area (Å²) in [5.74, 6) is 0.381. The van der Waals surface area contributed by atoms with E-state index in [0.29, 0.717) is 25.6 Å². The SMILES string of the molecule is CC(C)COC(=O)N(C)CCCN. The summed E-state index contributed by atoms with van der Waals surface area (Å²) in [6.45, 7) is 5.75. The molecule has 0 saturated heterocycles. The van der Waals surface area contributed by atoms with Crippen LogP contribution in [0.2, 0.25) is 0 Å². The van der Waals surface area contributed by atoms with Gasteiger partial charge in [-0.3, -0.25) is 0 Å². The second-order valence-electron chi connectivity index (χ2n) is 3.53. The van der Waals surface area contributed by atoms with Crippen LogP contribution < -0.4 is 5.73 Å². The van der Waals surface area contributed by atoms with Gasteiger partial charge in [-0.1, -0.05) is 13.8 Å². The van der Waals surface area contributed by atoms with Crippen LogP contribution in [0.5, 0.6) is 0 Å². The Morgan fingerprint density at radius 3 is 2.62 bits per heavy atom. The zero-order valence-corrected chi connectivity index (χ0v) is 8.75. The van der Waals surface area contributed by atoms with E-state index in [0.717, 1.165) is 6.42 Å². The Hall–Kier alpha value is -0.770. The molecule has 0 aliphatic rings. The quantitative estimate of drug-likeness (QED) is 0.702. The van der Waals surface area contributed by atoms with Crippen LogP contribution in [0.15, 0.2) is 0 Å². The van der Waals surface area contributed by atoms with Crippen molar-refractivity contribution in [2.75, 3.05) is 26.7 Å². The van der Waals surface area contributed by atoms with Crippen LogP contribution in [0.25, 0.3) is 0 Å². The van der Waals surface area contributed by atoms with Gasteiger partial charge in [0.25, 0.3) is 0 Å². The molecule has 0 aromatic heterocycles. The molecule has 0 rings (SSSR count).